The fourth-order valence-electron chi connectivity index (χ4n) is 5.10. The minimum Gasteiger partial charge on any atom is -0.493 e. The van der Waals surface area contributed by atoms with Gasteiger partial charge in [-0.15, -0.1) is 0 Å². The van der Waals surface area contributed by atoms with Crippen LogP contribution in [0, 0.1) is 11.7 Å². The number of aromatic nitrogens is 1. The first-order chi connectivity index (χ1) is 19.9. The van der Waals surface area contributed by atoms with E-state index < -0.39 is 5.82 Å². The maximum Gasteiger partial charge on any atom is 0.255 e. The summed E-state index contributed by atoms with van der Waals surface area (Å²) in [7, 11) is 0. The minimum atomic E-state index is -0.512. The molecule has 0 unspecified atom stereocenters. The molecule has 1 saturated heterocycles. The molecule has 1 amide bonds. The van der Waals surface area contributed by atoms with Crippen molar-refractivity contribution in [1.82, 2.24) is 10.3 Å². The normalized spacial score (nSPS) is 19.0. The average molecular weight is 589 g/mol. The third-order valence-electron chi connectivity index (χ3n) is 7.48. The van der Waals surface area contributed by atoms with Crippen LogP contribution in [0.25, 0.3) is 0 Å². The summed E-state index contributed by atoms with van der Waals surface area (Å²) < 4.78 is 24.3. The number of carbonyl (C=O) groups is 2. The van der Waals surface area contributed by atoms with Crippen molar-refractivity contribution in [3.8, 4) is 11.6 Å². The van der Waals surface area contributed by atoms with Gasteiger partial charge in [-0.2, -0.15) is 11.8 Å². The molecule has 2 heterocycles. The summed E-state index contributed by atoms with van der Waals surface area (Å²) in [5.74, 6) is 3.02. The number of aliphatic hydroxyl groups excluding tert-OH is 1. The van der Waals surface area contributed by atoms with Gasteiger partial charge in [0.1, 0.15) is 17.7 Å². The first-order valence-electron chi connectivity index (χ1n) is 15.0. The molecule has 2 aromatic rings. The zero-order chi connectivity index (χ0) is 29.5. The lowest BCUT2D eigenvalue weighted by atomic mass is 9.83. The van der Waals surface area contributed by atoms with Gasteiger partial charge < -0.3 is 19.9 Å². The SMILES string of the molecule is CC(=O)c1cc(F)cnc1OC1CCSCC1.CCCCC1CCC(NC(=O)c2ccccc2OCCCO)CC1. The number of aliphatic hydroxyl groups is 1. The Labute approximate surface area is 248 Å². The number of ketones is 1. The van der Waals surface area contributed by atoms with Gasteiger partial charge in [-0.05, 0) is 81.1 Å². The third-order valence-corrected chi connectivity index (χ3v) is 8.53. The quantitative estimate of drug-likeness (QED) is 0.212. The molecule has 0 bridgehead atoms. The van der Waals surface area contributed by atoms with Crippen LogP contribution in [0.15, 0.2) is 36.5 Å². The predicted molar refractivity (Wildman–Crippen MR) is 162 cm³/mol. The van der Waals surface area contributed by atoms with Crippen LogP contribution in [0.5, 0.6) is 11.6 Å². The summed E-state index contributed by atoms with van der Waals surface area (Å²) in [6.07, 6.45) is 12.1. The number of halogens is 1. The highest BCUT2D eigenvalue weighted by Gasteiger charge is 2.23. The van der Waals surface area contributed by atoms with Gasteiger partial charge in [0.2, 0.25) is 5.88 Å². The number of thioether (sulfide) groups is 1. The Morgan fingerprint density at radius 2 is 1.80 bits per heavy atom. The molecule has 1 aliphatic heterocycles. The number of hydrogen-bond acceptors (Lipinski definition) is 7. The topological polar surface area (TPSA) is 97.8 Å². The van der Waals surface area contributed by atoms with E-state index in [2.05, 4.69) is 17.2 Å². The molecule has 0 spiro atoms. The fourth-order valence-corrected chi connectivity index (χ4v) is 6.17. The van der Waals surface area contributed by atoms with Gasteiger partial charge in [-0.3, -0.25) is 9.59 Å². The second kappa shape index (κ2) is 18.0. The number of amides is 1. The van der Waals surface area contributed by atoms with Crippen molar-refractivity contribution < 1.29 is 28.6 Å². The van der Waals surface area contributed by atoms with Gasteiger partial charge in [0.25, 0.3) is 5.91 Å². The van der Waals surface area contributed by atoms with E-state index in [1.54, 1.807) is 6.07 Å². The van der Waals surface area contributed by atoms with Crippen LogP contribution in [-0.4, -0.2) is 58.6 Å². The number of para-hydroxylation sites is 1. The highest BCUT2D eigenvalue weighted by atomic mass is 32.2. The Morgan fingerprint density at radius 3 is 2.49 bits per heavy atom. The monoisotopic (exact) mass is 588 g/mol. The number of benzene rings is 1. The molecule has 1 saturated carbocycles. The Kier molecular flexibility index (Phi) is 14.4. The number of nitrogens with one attached hydrogen (secondary N) is 1. The average Bonchev–Trinajstić information content (AvgIpc) is 2.99. The van der Waals surface area contributed by atoms with Crippen LogP contribution >= 0.6 is 11.8 Å². The van der Waals surface area contributed by atoms with Gasteiger partial charge in [0.05, 0.1) is 23.9 Å². The number of unbranched alkanes of at least 4 members (excludes halogenated alkanes) is 1. The molecule has 9 heteroatoms. The molecule has 4 rings (SSSR count). The number of ether oxygens (including phenoxy) is 2. The van der Waals surface area contributed by atoms with Crippen LogP contribution in [-0.2, 0) is 0 Å². The van der Waals surface area contributed by atoms with Gasteiger partial charge in [-0.25, -0.2) is 9.37 Å². The number of Topliss-reactive ketones (excluding diaryl/α,β-unsaturated/α-hetero) is 1. The molecule has 2 aliphatic rings. The van der Waals surface area contributed by atoms with E-state index in [0.29, 0.717) is 24.3 Å². The first-order valence-corrected chi connectivity index (χ1v) is 16.1. The second-order valence-corrected chi connectivity index (χ2v) is 12.0. The third kappa shape index (κ3) is 11.3. The molecule has 1 aliphatic carbocycles. The lowest BCUT2D eigenvalue weighted by Crippen LogP contribution is -2.37. The standard InChI is InChI=1S/C20H31NO3.C12H14FNO2S/c1-2-3-7-16-10-12-17(13-11-16)21-20(23)18-8-4-5-9-19(18)24-15-6-14-22;1-8(15)11-6-9(13)7-14-12(11)16-10-2-4-17-5-3-10/h4-5,8-9,16-17,22H,2-3,6-7,10-15H2,1H3,(H,21,23);6-7,10H,2-5H2,1H3. The maximum absolute atomic E-state index is 13.0. The second-order valence-electron chi connectivity index (χ2n) is 10.7. The Balaban J connectivity index is 0.000000239. The molecular formula is C32H45FN2O5S. The van der Waals surface area contributed by atoms with E-state index in [0.717, 1.165) is 49.3 Å². The van der Waals surface area contributed by atoms with E-state index in [9.17, 15) is 14.0 Å². The van der Waals surface area contributed by atoms with Gasteiger partial charge in [-0.1, -0.05) is 38.3 Å². The molecular weight excluding hydrogens is 543 g/mol. The van der Waals surface area contributed by atoms with E-state index in [1.807, 2.05) is 30.0 Å². The fraction of sp³-hybridized carbons (Fsp3) is 0.594. The predicted octanol–water partition coefficient (Wildman–Crippen LogP) is 6.62. The van der Waals surface area contributed by atoms with Crippen molar-refractivity contribution in [2.75, 3.05) is 24.7 Å². The van der Waals surface area contributed by atoms with Crippen molar-refractivity contribution in [2.45, 2.75) is 90.2 Å². The molecule has 1 aromatic carbocycles. The van der Waals surface area contributed by atoms with Crippen LogP contribution in [0.3, 0.4) is 0 Å². The largest absolute Gasteiger partial charge is 0.493 e. The van der Waals surface area contributed by atoms with E-state index in [1.165, 1.54) is 45.1 Å². The van der Waals surface area contributed by atoms with E-state index in [-0.39, 0.29) is 41.9 Å². The Morgan fingerprint density at radius 1 is 1.07 bits per heavy atom. The van der Waals surface area contributed by atoms with E-state index >= 15 is 0 Å². The van der Waals surface area contributed by atoms with E-state index in [4.69, 9.17) is 14.6 Å². The highest BCUT2D eigenvalue weighted by molar-refractivity contribution is 7.99. The summed E-state index contributed by atoms with van der Waals surface area (Å²) >= 11 is 1.89. The molecule has 1 aromatic heterocycles. The smallest absolute Gasteiger partial charge is 0.255 e. The summed E-state index contributed by atoms with van der Waals surface area (Å²) in [6, 6.07) is 8.80. The molecule has 41 heavy (non-hydrogen) atoms. The number of nitrogens with zero attached hydrogens (tertiary/aromatic N) is 1. The van der Waals surface area contributed by atoms with Crippen LogP contribution in [0.4, 0.5) is 4.39 Å². The van der Waals surface area contributed by atoms with Crippen molar-refractivity contribution in [1.29, 1.82) is 0 Å². The van der Waals surface area contributed by atoms with Crippen molar-refractivity contribution >= 4 is 23.5 Å². The van der Waals surface area contributed by atoms with Gasteiger partial charge in [0.15, 0.2) is 5.78 Å². The van der Waals surface area contributed by atoms with Gasteiger partial charge >= 0.3 is 0 Å². The van der Waals surface area contributed by atoms with Crippen molar-refractivity contribution in [3.63, 3.8) is 0 Å². The highest BCUT2D eigenvalue weighted by Crippen LogP contribution is 2.29. The molecule has 0 atom stereocenters. The van der Waals surface area contributed by atoms with Crippen LogP contribution < -0.4 is 14.8 Å². The lowest BCUT2D eigenvalue weighted by Gasteiger charge is -2.29. The molecule has 2 N–H and O–H groups in total. The molecule has 7 nitrogen and oxygen atoms in total. The number of rotatable bonds is 12. The zero-order valence-corrected chi connectivity index (χ0v) is 25.2. The molecule has 0 radical (unpaired) electrons. The van der Waals surface area contributed by atoms with Crippen LogP contribution in [0.2, 0.25) is 0 Å². The minimum absolute atomic E-state index is 0.0494. The lowest BCUT2D eigenvalue weighted by molar-refractivity contribution is 0.0915. The number of carbonyl (C=O) groups excluding carboxylic acids is 2. The van der Waals surface area contributed by atoms with Crippen molar-refractivity contribution in [2.24, 2.45) is 5.92 Å². The summed E-state index contributed by atoms with van der Waals surface area (Å²) in [4.78, 5) is 27.8. The summed E-state index contributed by atoms with van der Waals surface area (Å²) in [6.45, 7) is 4.14. The molecule has 226 valence electrons. The Hall–Kier alpha value is -2.65. The number of hydrogen-bond donors (Lipinski definition) is 2. The Bertz CT molecular complexity index is 1090. The summed E-state index contributed by atoms with van der Waals surface area (Å²) in [5.41, 5.74) is 0.812. The van der Waals surface area contributed by atoms with Crippen molar-refractivity contribution in [3.05, 3.63) is 53.5 Å². The molecule has 2 fully saturated rings. The first kappa shape index (κ1) is 32.9. The summed E-state index contributed by atoms with van der Waals surface area (Å²) in [5, 5.41) is 12.0. The maximum atomic E-state index is 13.0. The zero-order valence-electron chi connectivity index (χ0n) is 24.4. The number of pyridine rings is 1. The van der Waals surface area contributed by atoms with Gasteiger partial charge in [0, 0.05) is 19.1 Å². The van der Waals surface area contributed by atoms with Crippen LogP contribution in [0.1, 0.15) is 98.8 Å².